The first-order valence-corrected chi connectivity index (χ1v) is 8.90. The lowest BCUT2D eigenvalue weighted by atomic mass is 10.2. The summed E-state index contributed by atoms with van der Waals surface area (Å²) in [6.45, 7) is 4.45. The average molecular weight is 246 g/mol. The molecule has 0 unspecified atom stereocenters. The number of aliphatic carboxylic acids is 1. The van der Waals surface area contributed by atoms with Gasteiger partial charge in [0.1, 0.15) is 0 Å². The van der Waals surface area contributed by atoms with Crippen LogP contribution in [-0.2, 0) is 9.22 Å². The van der Waals surface area contributed by atoms with Crippen LogP contribution in [0, 0.1) is 0 Å². The van der Waals surface area contributed by atoms with Gasteiger partial charge in [0.15, 0.2) is 8.32 Å². The molecule has 0 aliphatic heterocycles. The molecule has 0 atom stereocenters. The van der Waals surface area contributed by atoms with E-state index in [2.05, 4.69) is 13.8 Å². The molecule has 0 saturated carbocycles. The molecule has 0 bridgehead atoms. The van der Waals surface area contributed by atoms with Crippen molar-refractivity contribution in [3.63, 3.8) is 0 Å². The average Bonchev–Trinajstić information content (AvgIpc) is 2.29. The molecule has 0 fully saturated rings. The molecule has 3 nitrogen and oxygen atoms in total. The number of unbranched alkanes of at least 4 members (excludes halogenated alkanes) is 3. The fourth-order valence-electron chi connectivity index (χ4n) is 2.07. The third kappa shape index (κ3) is 6.28. The fraction of sp³-hybridized carbons (Fsp3) is 0.917. The van der Waals surface area contributed by atoms with Crippen molar-refractivity contribution in [2.75, 3.05) is 7.11 Å². The molecule has 96 valence electrons. The van der Waals surface area contributed by atoms with Gasteiger partial charge in [0.05, 0.1) is 0 Å². The highest BCUT2D eigenvalue weighted by atomic mass is 28.4. The highest BCUT2D eigenvalue weighted by molar-refractivity contribution is 6.73. The predicted molar refractivity (Wildman–Crippen MR) is 69.3 cm³/mol. The van der Waals surface area contributed by atoms with Crippen molar-refractivity contribution >= 4 is 14.3 Å². The van der Waals surface area contributed by atoms with Gasteiger partial charge in [-0.25, -0.2) is 0 Å². The molecular weight excluding hydrogens is 220 g/mol. The molecule has 1 N–H and O–H groups in total. The van der Waals surface area contributed by atoms with Gasteiger partial charge in [-0.05, 0) is 24.6 Å². The van der Waals surface area contributed by atoms with Crippen molar-refractivity contribution in [1.82, 2.24) is 0 Å². The van der Waals surface area contributed by atoms with E-state index in [1.54, 1.807) is 0 Å². The summed E-state index contributed by atoms with van der Waals surface area (Å²) in [5.74, 6) is -0.678. The van der Waals surface area contributed by atoms with Crippen LogP contribution in [0.5, 0.6) is 0 Å². The highest BCUT2D eigenvalue weighted by Crippen LogP contribution is 2.24. The minimum Gasteiger partial charge on any atom is -0.481 e. The molecule has 0 heterocycles. The highest BCUT2D eigenvalue weighted by Gasteiger charge is 2.28. The first kappa shape index (κ1) is 15.6. The molecule has 0 radical (unpaired) electrons. The van der Waals surface area contributed by atoms with Gasteiger partial charge >= 0.3 is 5.97 Å². The van der Waals surface area contributed by atoms with Crippen molar-refractivity contribution < 1.29 is 14.3 Å². The van der Waals surface area contributed by atoms with Crippen LogP contribution in [0.25, 0.3) is 0 Å². The predicted octanol–water partition coefficient (Wildman–Crippen LogP) is 3.65. The van der Waals surface area contributed by atoms with Crippen molar-refractivity contribution in [2.45, 2.75) is 64.1 Å². The largest absolute Gasteiger partial charge is 0.481 e. The van der Waals surface area contributed by atoms with Crippen LogP contribution in [0.4, 0.5) is 0 Å². The third-order valence-electron chi connectivity index (χ3n) is 3.49. The Morgan fingerprint density at radius 3 is 2.12 bits per heavy atom. The van der Waals surface area contributed by atoms with Gasteiger partial charge in [-0.3, -0.25) is 4.79 Å². The van der Waals surface area contributed by atoms with E-state index in [4.69, 9.17) is 9.53 Å². The van der Waals surface area contributed by atoms with E-state index in [9.17, 15) is 4.79 Å². The van der Waals surface area contributed by atoms with Gasteiger partial charge < -0.3 is 9.53 Å². The summed E-state index contributed by atoms with van der Waals surface area (Å²) >= 11 is 0. The maximum Gasteiger partial charge on any atom is 0.303 e. The van der Waals surface area contributed by atoms with Crippen LogP contribution in [-0.4, -0.2) is 26.5 Å². The van der Waals surface area contributed by atoms with Crippen molar-refractivity contribution in [3.05, 3.63) is 0 Å². The second-order valence-electron chi connectivity index (χ2n) is 4.40. The minimum absolute atomic E-state index is 0.314. The van der Waals surface area contributed by atoms with Gasteiger partial charge in [0.2, 0.25) is 0 Å². The van der Waals surface area contributed by atoms with E-state index in [1.165, 1.54) is 24.6 Å². The van der Waals surface area contributed by atoms with E-state index in [-0.39, 0.29) is 0 Å². The zero-order valence-corrected chi connectivity index (χ0v) is 11.9. The zero-order valence-electron chi connectivity index (χ0n) is 10.9. The normalized spacial score (nSPS) is 11.7. The number of carboxylic acids is 1. The summed E-state index contributed by atoms with van der Waals surface area (Å²) in [4.78, 5) is 10.3. The maximum absolute atomic E-state index is 10.3. The van der Waals surface area contributed by atoms with E-state index in [0.29, 0.717) is 6.42 Å². The molecule has 0 amide bonds. The Morgan fingerprint density at radius 1 is 1.12 bits per heavy atom. The van der Waals surface area contributed by atoms with Gasteiger partial charge in [-0.15, -0.1) is 0 Å². The number of hydrogen-bond donors (Lipinski definition) is 1. The monoisotopic (exact) mass is 246 g/mol. The molecule has 0 saturated heterocycles. The number of hydrogen-bond acceptors (Lipinski definition) is 2. The fourth-order valence-corrected chi connectivity index (χ4v) is 4.95. The Morgan fingerprint density at radius 2 is 1.69 bits per heavy atom. The quantitative estimate of drug-likeness (QED) is 0.473. The maximum atomic E-state index is 10.3. The molecule has 0 aliphatic rings. The standard InChI is InChI=1S/C12H26O3Si/c1-4-16(5-2,15-3)11-9-7-6-8-10-12(13)14/h4-11H2,1-3H3,(H,13,14). The molecule has 0 aromatic rings. The lowest BCUT2D eigenvalue weighted by Gasteiger charge is -2.27. The molecule has 16 heavy (non-hydrogen) atoms. The summed E-state index contributed by atoms with van der Waals surface area (Å²) in [6, 6.07) is 3.60. The van der Waals surface area contributed by atoms with Gasteiger partial charge in [0.25, 0.3) is 0 Å². The SMILES string of the molecule is CC[Si](CC)(CCCCCCC(=O)O)OC. The molecule has 0 aliphatic carbocycles. The van der Waals surface area contributed by atoms with Gasteiger partial charge in [-0.2, -0.15) is 0 Å². The second-order valence-corrected chi connectivity index (χ2v) is 9.09. The lowest BCUT2D eigenvalue weighted by molar-refractivity contribution is -0.137. The summed E-state index contributed by atoms with van der Waals surface area (Å²) in [5.41, 5.74) is 0. The van der Waals surface area contributed by atoms with E-state index < -0.39 is 14.3 Å². The molecule has 4 heteroatoms. The van der Waals surface area contributed by atoms with Gasteiger partial charge in [0, 0.05) is 13.5 Å². The van der Waals surface area contributed by atoms with E-state index in [1.807, 2.05) is 7.11 Å². The Labute approximate surface area is 100 Å². The van der Waals surface area contributed by atoms with Crippen LogP contribution in [0.1, 0.15) is 46.0 Å². The van der Waals surface area contributed by atoms with Crippen LogP contribution in [0.15, 0.2) is 0 Å². The van der Waals surface area contributed by atoms with E-state index in [0.717, 1.165) is 19.3 Å². The third-order valence-corrected chi connectivity index (χ3v) is 8.20. The summed E-state index contributed by atoms with van der Waals surface area (Å²) in [6.07, 6.45) is 4.50. The Balaban J connectivity index is 3.59. The molecule has 0 aromatic heterocycles. The first-order chi connectivity index (χ1) is 7.60. The van der Waals surface area contributed by atoms with Crippen molar-refractivity contribution in [3.8, 4) is 0 Å². The van der Waals surface area contributed by atoms with E-state index >= 15 is 0 Å². The molecular formula is C12H26O3Si. The number of rotatable bonds is 10. The number of carboxylic acid groups (broad SMARTS) is 1. The summed E-state index contributed by atoms with van der Waals surface area (Å²) in [7, 11) is 0.435. The molecule has 0 spiro atoms. The van der Waals surface area contributed by atoms with Crippen LogP contribution in [0.3, 0.4) is 0 Å². The Hall–Kier alpha value is -0.353. The Bertz CT molecular complexity index is 182. The van der Waals surface area contributed by atoms with Crippen molar-refractivity contribution in [1.29, 1.82) is 0 Å². The van der Waals surface area contributed by atoms with Crippen LogP contribution in [0.2, 0.25) is 18.1 Å². The van der Waals surface area contributed by atoms with Gasteiger partial charge in [-0.1, -0.05) is 33.1 Å². The smallest absolute Gasteiger partial charge is 0.303 e. The van der Waals surface area contributed by atoms with Crippen LogP contribution < -0.4 is 0 Å². The summed E-state index contributed by atoms with van der Waals surface area (Å²) in [5, 5.41) is 8.50. The minimum atomic E-state index is -1.42. The topological polar surface area (TPSA) is 46.5 Å². The Kier molecular flexibility index (Phi) is 8.57. The number of carbonyl (C=O) groups is 1. The van der Waals surface area contributed by atoms with Crippen molar-refractivity contribution in [2.24, 2.45) is 0 Å². The van der Waals surface area contributed by atoms with Crippen LogP contribution >= 0.6 is 0 Å². The first-order valence-electron chi connectivity index (χ1n) is 6.37. The summed E-state index contributed by atoms with van der Waals surface area (Å²) < 4.78 is 5.73. The molecule has 0 aromatic carbocycles. The zero-order chi connectivity index (χ0) is 12.4. The lowest BCUT2D eigenvalue weighted by Crippen LogP contribution is -2.34. The second kappa shape index (κ2) is 8.76. The molecule has 0 rings (SSSR count).